The van der Waals surface area contributed by atoms with Crippen molar-refractivity contribution >= 4 is 11.7 Å². The van der Waals surface area contributed by atoms with Crippen LogP contribution in [0.1, 0.15) is 56.8 Å². The van der Waals surface area contributed by atoms with Gasteiger partial charge in [-0.1, -0.05) is 30.3 Å². The third-order valence-corrected chi connectivity index (χ3v) is 4.83. The summed E-state index contributed by atoms with van der Waals surface area (Å²) in [7, 11) is 0. The molecule has 0 bridgehead atoms. The largest absolute Gasteiger partial charge is 0.327 e. The molecule has 2 aliphatic rings. The quantitative estimate of drug-likeness (QED) is 0.754. The summed E-state index contributed by atoms with van der Waals surface area (Å²) < 4.78 is 0. The lowest BCUT2D eigenvalue weighted by Crippen LogP contribution is -2.26. The highest BCUT2D eigenvalue weighted by Crippen LogP contribution is 2.40. The lowest BCUT2D eigenvalue weighted by Gasteiger charge is -2.22. The van der Waals surface area contributed by atoms with Crippen molar-refractivity contribution in [3.8, 4) is 0 Å². The molecule has 22 heavy (non-hydrogen) atoms. The van der Waals surface area contributed by atoms with Gasteiger partial charge in [0.2, 0.25) is 0 Å². The van der Waals surface area contributed by atoms with Crippen LogP contribution in [0.15, 0.2) is 42.5 Å². The number of hydrogen-bond donors (Lipinski definition) is 0. The van der Waals surface area contributed by atoms with Crippen LogP contribution in [0.3, 0.4) is 0 Å². The highest BCUT2D eigenvalue weighted by atomic mass is 16.2. The Bertz CT molecular complexity index is 794. The second kappa shape index (κ2) is 4.80. The number of carbonyl (C=O) groups excluding carboxylic acids is 2. The van der Waals surface area contributed by atoms with E-state index < -0.39 is 0 Å². The summed E-state index contributed by atoms with van der Waals surface area (Å²) in [6.45, 7) is 2.17. The van der Waals surface area contributed by atoms with Gasteiger partial charge >= 0.3 is 0 Å². The molecule has 0 spiro atoms. The smallest absolute Gasteiger partial charge is 0.255 e. The first-order chi connectivity index (χ1) is 10.6. The van der Waals surface area contributed by atoms with Crippen LogP contribution in [-0.2, 0) is 13.0 Å². The van der Waals surface area contributed by atoms with Crippen LogP contribution in [0.4, 0.5) is 0 Å². The first kappa shape index (κ1) is 13.3. The van der Waals surface area contributed by atoms with Gasteiger partial charge in [0.25, 0.3) is 5.91 Å². The van der Waals surface area contributed by atoms with Gasteiger partial charge in [0.1, 0.15) is 0 Å². The Morgan fingerprint density at radius 2 is 1.95 bits per heavy atom. The number of amides is 1. The van der Waals surface area contributed by atoms with Crippen LogP contribution in [-0.4, -0.2) is 16.6 Å². The van der Waals surface area contributed by atoms with Crippen LogP contribution in [0, 0.1) is 0 Å². The van der Waals surface area contributed by atoms with E-state index in [1.807, 2.05) is 41.3 Å². The van der Waals surface area contributed by atoms with Crippen LogP contribution < -0.4 is 0 Å². The van der Waals surface area contributed by atoms with E-state index in [0.29, 0.717) is 6.54 Å². The molecule has 3 heteroatoms. The van der Waals surface area contributed by atoms with Crippen LogP contribution in [0.2, 0.25) is 0 Å². The van der Waals surface area contributed by atoms with Crippen LogP contribution >= 0.6 is 0 Å². The van der Waals surface area contributed by atoms with Gasteiger partial charge in [-0.3, -0.25) is 9.59 Å². The molecule has 0 saturated heterocycles. The maximum Gasteiger partial charge on any atom is 0.255 e. The van der Waals surface area contributed by atoms with Crippen molar-refractivity contribution in [1.82, 2.24) is 4.90 Å². The van der Waals surface area contributed by atoms with E-state index in [9.17, 15) is 9.59 Å². The Labute approximate surface area is 129 Å². The van der Waals surface area contributed by atoms with E-state index in [4.69, 9.17) is 0 Å². The minimum Gasteiger partial charge on any atom is -0.327 e. The van der Waals surface area contributed by atoms with Gasteiger partial charge in [0, 0.05) is 17.7 Å². The fourth-order valence-electron chi connectivity index (χ4n) is 3.65. The monoisotopic (exact) mass is 291 g/mol. The Morgan fingerprint density at radius 1 is 1.14 bits per heavy atom. The molecule has 110 valence electrons. The van der Waals surface area contributed by atoms with Gasteiger partial charge in [0.05, 0.1) is 6.04 Å². The molecular formula is C19H17NO2. The number of nitrogens with zero attached hydrogens (tertiary/aromatic N) is 1. The fourth-order valence-corrected chi connectivity index (χ4v) is 3.65. The predicted octanol–water partition coefficient (Wildman–Crippen LogP) is 3.53. The summed E-state index contributed by atoms with van der Waals surface area (Å²) in [4.78, 5) is 26.2. The summed E-state index contributed by atoms with van der Waals surface area (Å²) >= 11 is 0. The highest BCUT2D eigenvalue weighted by molar-refractivity contribution is 5.99. The molecule has 0 N–H and O–H groups in total. The van der Waals surface area contributed by atoms with E-state index in [2.05, 4.69) is 6.07 Å². The number of benzene rings is 2. The molecule has 3 nitrogen and oxygen atoms in total. The molecule has 1 amide bonds. The first-order valence-corrected chi connectivity index (χ1v) is 7.68. The zero-order chi connectivity index (χ0) is 15.3. The van der Waals surface area contributed by atoms with E-state index >= 15 is 0 Å². The van der Waals surface area contributed by atoms with Gasteiger partial charge in [0.15, 0.2) is 5.78 Å². The third kappa shape index (κ3) is 1.89. The minimum atomic E-state index is 0.0691. The SMILES string of the molecule is CC(=O)c1ccc2c(c1)CN1C(=O)c3ccccc3C1CC2. The second-order valence-corrected chi connectivity index (χ2v) is 6.11. The molecule has 0 radical (unpaired) electrons. The zero-order valence-electron chi connectivity index (χ0n) is 12.5. The number of fused-ring (bicyclic) bond motifs is 4. The van der Waals surface area contributed by atoms with Crippen molar-refractivity contribution in [2.75, 3.05) is 0 Å². The van der Waals surface area contributed by atoms with Crippen LogP contribution in [0.25, 0.3) is 0 Å². The second-order valence-electron chi connectivity index (χ2n) is 6.11. The molecular weight excluding hydrogens is 274 g/mol. The van der Waals surface area contributed by atoms with Gasteiger partial charge in [-0.15, -0.1) is 0 Å². The molecule has 4 rings (SSSR count). The maximum atomic E-state index is 12.7. The van der Waals surface area contributed by atoms with E-state index in [1.54, 1.807) is 6.92 Å². The zero-order valence-corrected chi connectivity index (χ0v) is 12.5. The van der Waals surface area contributed by atoms with Crippen molar-refractivity contribution < 1.29 is 9.59 Å². The summed E-state index contributed by atoms with van der Waals surface area (Å²) in [6, 6.07) is 14.0. The maximum absolute atomic E-state index is 12.7. The Hall–Kier alpha value is -2.42. The van der Waals surface area contributed by atoms with Crippen molar-refractivity contribution in [3.05, 3.63) is 70.3 Å². The molecule has 0 aliphatic carbocycles. The number of rotatable bonds is 1. The number of Topliss-reactive ketones (excluding diaryl/α,β-unsaturated/α-hetero) is 1. The Morgan fingerprint density at radius 3 is 2.77 bits per heavy atom. The Balaban J connectivity index is 1.76. The lowest BCUT2D eigenvalue weighted by molar-refractivity contribution is 0.0709. The van der Waals surface area contributed by atoms with E-state index in [0.717, 1.165) is 35.1 Å². The van der Waals surface area contributed by atoms with Crippen molar-refractivity contribution in [1.29, 1.82) is 0 Å². The topological polar surface area (TPSA) is 37.4 Å². The summed E-state index contributed by atoms with van der Waals surface area (Å²) in [5, 5.41) is 0. The minimum absolute atomic E-state index is 0.0691. The predicted molar refractivity (Wildman–Crippen MR) is 83.8 cm³/mol. The summed E-state index contributed by atoms with van der Waals surface area (Å²) in [5.74, 6) is 0.182. The molecule has 1 unspecified atom stereocenters. The number of hydrogen-bond acceptors (Lipinski definition) is 2. The average molecular weight is 291 g/mol. The van der Waals surface area contributed by atoms with Crippen molar-refractivity contribution in [3.63, 3.8) is 0 Å². The molecule has 0 aromatic heterocycles. The highest BCUT2D eigenvalue weighted by Gasteiger charge is 2.37. The molecule has 2 aromatic rings. The molecule has 2 aliphatic heterocycles. The average Bonchev–Trinajstić information content (AvgIpc) is 2.69. The van der Waals surface area contributed by atoms with Gasteiger partial charge in [-0.2, -0.15) is 0 Å². The number of carbonyl (C=O) groups is 2. The summed E-state index contributed by atoms with van der Waals surface area (Å²) in [6.07, 6.45) is 1.88. The summed E-state index contributed by atoms with van der Waals surface area (Å²) in [5.41, 5.74) is 5.06. The number of aryl methyl sites for hydroxylation is 1. The lowest BCUT2D eigenvalue weighted by atomic mass is 9.96. The Kier molecular flexibility index (Phi) is 2.89. The normalized spacial score (nSPS) is 19.2. The van der Waals surface area contributed by atoms with Gasteiger partial charge in [-0.25, -0.2) is 0 Å². The number of ketones is 1. The first-order valence-electron chi connectivity index (χ1n) is 7.68. The molecule has 0 fully saturated rings. The van der Waals surface area contributed by atoms with E-state index in [-0.39, 0.29) is 17.7 Å². The van der Waals surface area contributed by atoms with Crippen LogP contribution in [0.5, 0.6) is 0 Å². The van der Waals surface area contributed by atoms with Crippen molar-refractivity contribution in [2.24, 2.45) is 0 Å². The molecule has 2 heterocycles. The van der Waals surface area contributed by atoms with E-state index in [1.165, 1.54) is 5.56 Å². The molecule has 2 aromatic carbocycles. The third-order valence-electron chi connectivity index (χ3n) is 4.83. The van der Waals surface area contributed by atoms with Crippen molar-refractivity contribution in [2.45, 2.75) is 32.4 Å². The fraction of sp³-hybridized carbons (Fsp3) is 0.263. The molecule has 0 saturated carbocycles. The molecule has 1 atom stereocenters. The van der Waals surface area contributed by atoms with Gasteiger partial charge in [-0.05, 0) is 48.6 Å². The van der Waals surface area contributed by atoms with Gasteiger partial charge < -0.3 is 4.90 Å². The standard InChI is InChI=1S/C19H17NO2/c1-12(21)14-7-6-13-8-9-18-16-4-2-3-5-17(16)19(22)20(18)11-15(13)10-14/h2-7,10,18H,8-9,11H2,1H3.